The van der Waals surface area contributed by atoms with Crippen molar-refractivity contribution in [3.63, 3.8) is 0 Å². The normalized spacial score (nSPS) is 32.7. The number of halogens is 2. The van der Waals surface area contributed by atoms with E-state index in [1.165, 1.54) is 11.8 Å². The van der Waals surface area contributed by atoms with Crippen LogP contribution in [-0.4, -0.2) is 102 Å². The standard InChI is InChI=1S/C41H54F2N6O9S/c1-22-30-21-49(31(22)34(50)47-41(20-25(41)33(42)43)37(52)48-59(54,55)40(3)16-17-40)36(51)32(39(2)14-8-9-15-39)46-38(53)58-29-18-23(29)10-6-5-7-11-27-35(57-30)45-28-19-24(56-4)12-13-26(28)44-27/h12-13,19,22-23,25,29-33H,5-11,14-18,20-21H2,1-4H3,(H,46,53)(H,47,50)(H,48,52)/t22-,23-,25?,29-,30+,31+,32-,41-/m1/s1. The van der Waals surface area contributed by atoms with Crippen LogP contribution in [-0.2, 0) is 35.6 Å². The van der Waals surface area contributed by atoms with E-state index in [2.05, 4.69) is 10.6 Å². The first kappa shape index (κ1) is 41.4. The van der Waals surface area contributed by atoms with Crippen LogP contribution in [0.25, 0.3) is 11.0 Å². The maximum atomic E-state index is 15.1. The van der Waals surface area contributed by atoms with Crippen LogP contribution >= 0.6 is 0 Å². The van der Waals surface area contributed by atoms with E-state index in [0.29, 0.717) is 54.6 Å². The third-order valence-electron chi connectivity index (χ3n) is 14.0. The van der Waals surface area contributed by atoms with Crippen LogP contribution in [0, 0.1) is 23.2 Å². The summed E-state index contributed by atoms with van der Waals surface area (Å²) >= 11 is 0. The van der Waals surface area contributed by atoms with E-state index in [9.17, 15) is 31.6 Å². The molecule has 1 aromatic carbocycles. The second-order valence-corrected chi connectivity index (χ2v) is 20.4. The number of ether oxygens (including phenoxy) is 3. The number of hydrogen-bond donors (Lipinski definition) is 3. The van der Waals surface area contributed by atoms with Gasteiger partial charge >= 0.3 is 6.09 Å². The lowest BCUT2D eigenvalue weighted by Gasteiger charge is -2.37. The minimum Gasteiger partial charge on any atom is -0.497 e. The number of methoxy groups -OCH3 is 1. The lowest BCUT2D eigenvalue weighted by atomic mass is 9.79. The predicted octanol–water partition coefficient (Wildman–Crippen LogP) is 4.55. The second kappa shape index (κ2) is 15.3. The van der Waals surface area contributed by atoms with E-state index in [0.717, 1.165) is 44.9 Å². The van der Waals surface area contributed by atoms with Gasteiger partial charge in [0, 0.05) is 12.0 Å². The molecule has 1 aromatic heterocycles. The van der Waals surface area contributed by atoms with Gasteiger partial charge in [-0.2, -0.15) is 0 Å². The van der Waals surface area contributed by atoms with E-state index in [4.69, 9.17) is 24.2 Å². The predicted molar refractivity (Wildman–Crippen MR) is 209 cm³/mol. The van der Waals surface area contributed by atoms with Crippen molar-refractivity contribution in [1.29, 1.82) is 0 Å². The molecular formula is C41H54F2N6O9S. The van der Waals surface area contributed by atoms with Crippen LogP contribution in [0.15, 0.2) is 18.2 Å². The molecule has 322 valence electrons. The van der Waals surface area contributed by atoms with Gasteiger partial charge in [-0.3, -0.25) is 19.1 Å². The lowest BCUT2D eigenvalue weighted by molar-refractivity contribution is -0.144. The van der Waals surface area contributed by atoms with Crippen LogP contribution in [0.5, 0.6) is 11.6 Å². The lowest BCUT2D eigenvalue weighted by Crippen LogP contribution is -2.61. The van der Waals surface area contributed by atoms with E-state index < -0.39 is 92.4 Å². The summed E-state index contributed by atoms with van der Waals surface area (Å²) < 4.78 is 73.6. The van der Waals surface area contributed by atoms with Crippen molar-refractivity contribution >= 4 is 44.9 Å². The number of nitrogens with zero attached hydrogens (tertiary/aromatic N) is 3. The number of alkyl carbamates (subject to hydrolysis) is 1. The molecule has 0 radical (unpaired) electrons. The molecule has 1 unspecified atom stereocenters. The highest BCUT2D eigenvalue weighted by Crippen LogP contribution is 2.50. The summed E-state index contributed by atoms with van der Waals surface area (Å²) in [5.41, 5.74) is -1.21. The molecule has 0 spiro atoms. The zero-order chi connectivity index (χ0) is 42.1. The summed E-state index contributed by atoms with van der Waals surface area (Å²) in [5.74, 6) is -4.25. The van der Waals surface area contributed by atoms with Gasteiger partial charge in [0.15, 0.2) is 0 Å². The Morgan fingerprint density at radius 3 is 2.42 bits per heavy atom. The molecule has 15 nitrogen and oxygen atoms in total. The molecule has 4 saturated carbocycles. The van der Waals surface area contributed by atoms with Gasteiger partial charge < -0.3 is 29.7 Å². The van der Waals surface area contributed by atoms with E-state index in [1.807, 2.05) is 17.7 Å². The maximum Gasteiger partial charge on any atom is 0.408 e. The molecule has 59 heavy (non-hydrogen) atoms. The first-order valence-corrected chi connectivity index (χ1v) is 22.4. The summed E-state index contributed by atoms with van der Waals surface area (Å²) in [7, 11) is -2.70. The van der Waals surface area contributed by atoms with Crippen molar-refractivity contribution in [1.82, 2.24) is 30.2 Å². The highest BCUT2D eigenvalue weighted by molar-refractivity contribution is 7.91. The quantitative estimate of drug-likeness (QED) is 0.338. The monoisotopic (exact) mass is 844 g/mol. The summed E-state index contributed by atoms with van der Waals surface area (Å²) in [4.78, 5) is 68.0. The molecular weight excluding hydrogens is 791 g/mol. The molecule has 5 fully saturated rings. The molecule has 1 saturated heterocycles. The Hall–Kier alpha value is -4.35. The van der Waals surface area contributed by atoms with Gasteiger partial charge in [-0.15, -0.1) is 0 Å². The highest BCUT2D eigenvalue weighted by Gasteiger charge is 2.68. The number of benzene rings is 1. The molecule has 8 atom stereocenters. The van der Waals surface area contributed by atoms with E-state index in [-0.39, 0.29) is 24.4 Å². The maximum absolute atomic E-state index is 15.1. The fraction of sp³-hybridized carbons (Fsp3) is 0.707. The molecule has 18 heteroatoms. The number of alkyl halides is 2. The fourth-order valence-corrected chi connectivity index (χ4v) is 10.7. The fourth-order valence-electron chi connectivity index (χ4n) is 9.43. The number of sulfonamides is 1. The number of aryl methyl sites for hydroxylation is 1. The Bertz CT molecular complexity index is 2130. The van der Waals surface area contributed by atoms with E-state index in [1.54, 1.807) is 26.2 Å². The second-order valence-electron chi connectivity index (χ2n) is 18.2. The number of carbonyl (C=O) groups is 4. The van der Waals surface area contributed by atoms with Crippen LogP contribution in [0.2, 0.25) is 0 Å². The molecule has 4 aliphatic carbocycles. The van der Waals surface area contributed by atoms with Gasteiger partial charge in [0.2, 0.25) is 34.1 Å². The number of amides is 4. The molecule has 4 amide bonds. The molecule has 6 aliphatic rings. The van der Waals surface area contributed by atoms with Crippen LogP contribution in [0.3, 0.4) is 0 Å². The number of fused-ring (bicyclic) bond motifs is 5. The molecule has 8 rings (SSSR count). The molecule has 2 aromatic rings. The highest BCUT2D eigenvalue weighted by atomic mass is 32.2. The number of hydrogen-bond acceptors (Lipinski definition) is 11. The summed E-state index contributed by atoms with van der Waals surface area (Å²) in [6, 6.07) is 2.83. The summed E-state index contributed by atoms with van der Waals surface area (Å²) in [6.45, 7) is 4.90. The van der Waals surface area contributed by atoms with Crippen LogP contribution < -0.4 is 24.8 Å². The third kappa shape index (κ3) is 7.89. The topological polar surface area (TPSA) is 195 Å². The average molecular weight is 845 g/mol. The first-order chi connectivity index (χ1) is 28.0. The summed E-state index contributed by atoms with van der Waals surface area (Å²) in [6.07, 6.45) is 2.73. The van der Waals surface area contributed by atoms with E-state index >= 15 is 4.79 Å². The SMILES string of the molecule is COc1ccc2nc3c(nc2c1)O[C@H]1CN(C(=O)[C@H](C2(C)CCCC2)NC(=O)O[C@@H]2C[C@H]2CCCCC3)[C@H](C(=O)N[C@]2(C(=O)NS(=O)(=O)C3(C)CC3)CC2C(F)F)[C@@H]1C. The minimum atomic E-state index is -4.24. The molecule has 3 N–H and O–H groups in total. The Morgan fingerprint density at radius 2 is 1.75 bits per heavy atom. The van der Waals surface area contributed by atoms with Crippen molar-refractivity contribution in [2.45, 2.75) is 145 Å². The van der Waals surface area contributed by atoms with Gasteiger partial charge in [0.05, 0.1) is 35.4 Å². The van der Waals surface area contributed by atoms with Crippen molar-refractivity contribution in [3.05, 3.63) is 23.9 Å². The zero-order valence-electron chi connectivity index (χ0n) is 33.9. The third-order valence-corrected chi connectivity index (χ3v) is 16.1. The number of rotatable bonds is 8. The Morgan fingerprint density at radius 1 is 1.00 bits per heavy atom. The smallest absolute Gasteiger partial charge is 0.408 e. The van der Waals surface area contributed by atoms with Gasteiger partial charge in [0.1, 0.15) is 41.3 Å². The van der Waals surface area contributed by atoms with Gasteiger partial charge in [-0.1, -0.05) is 39.5 Å². The largest absolute Gasteiger partial charge is 0.497 e. The molecule has 2 aliphatic heterocycles. The van der Waals surface area contributed by atoms with Crippen molar-refractivity contribution in [2.75, 3.05) is 13.7 Å². The first-order valence-electron chi connectivity index (χ1n) is 20.9. The summed E-state index contributed by atoms with van der Waals surface area (Å²) in [5, 5.41) is 5.39. The van der Waals surface area contributed by atoms with Crippen LogP contribution in [0.4, 0.5) is 13.6 Å². The van der Waals surface area contributed by atoms with Gasteiger partial charge in [-0.25, -0.2) is 32.0 Å². The molecule has 2 bridgehead atoms. The molecule has 3 heterocycles. The van der Waals surface area contributed by atoms with Gasteiger partial charge in [0.25, 0.3) is 5.91 Å². The van der Waals surface area contributed by atoms with Crippen LogP contribution in [0.1, 0.15) is 104 Å². The van der Waals surface area contributed by atoms with Crippen molar-refractivity contribution < 1.29 is 50.6 Å². The minimum absolute atomic E-state index is 0.159. The average Bonchev–Trinajstić information content (AvgIpc) is 4.15. The number of nitrogens with one attached hydrogen (secondary N) is 3. The number of carbonyl (C=O) groups excluding carboxylic acids is 4. The number of aromatic nitrogens is 2. The van der Waals surface area contributed by atoms with Crippen molar-refractivity contribution in [2.24, 2.45) is 23.2 Å². The Labute approximate surface area is 342 Å². The zero-order valence-corrected chi connectivity index (χ0v) is 34.7. The van der Waals surface area contributed by atoms with Crippen molar-refractivity contribution in [3.8, 4) is 11.6 Å². The van der Waals surface area contributed by atoms with Gasteiger partial charge in [-0.05, 0) is 88.2 Å². The Kier molecular flexibility index (Phi) is 10.7. The Balaban J connectivity index is 1.16.